The number of amides is 1. The maximum Gasteiger partial charge on any atom is 0.272 e. The van der Waals surface area contributed by atoms with Gasteiger partial charge in [-0.25, -0.2) is 0 Å². The SMILES string of the molecule is CC(=O)c1c(C)[nH]c(C(=O)Nc2ccc(Br)c(C)c2)c1C. The molecule has 2 aromatic rings. The van der Waals surface area contributed by atoms with Gasteiger partial charge in [-0.2, -0.15) is 0 Å². The lowest BCUT2D eigenvalue weighted by Gasteiger charge is -2.07. The number of anilines is 1. The highest BCUT2D eigenvalue weighted by Crippen LogP contribution is 2.22. The minimum atomic E-state index is -0.246. The summed E-state index contributed by atoms with van der Waals surface area (Å²) >= 11 is 3.42. The Labute approximate surface area is 132 Å². The third-order valence-electron chi connectivity index (χ3n) is 3.43. The Morgan fingerprint density at radius 1 is 1.19 bits per heavy atom. The summed E-state index contributed by atoms with van der Waals surface area (Å²) in [5.74, 6) is -0.287. The Morgan fingerprint density at radius 2 is 1.86 bits per heavy atom. The fraction of sp³-hybridized carbons (Fsp3) is 0.250. The van der Waals surface area contributed by atoms with Crippen LogP contribution in [0.5, 0.6) is 0 Å². The van der Waals surface area contributed by atoms with Crippen LogP contribution in [0.1, 0.15) is 44.6 Å². The summed E-state index contributed by atoms with van der Waals surface area (Å²) in [4.78, 5) is 27.0. The van der Waals surface area contributed by atoms with Gasteiger partial charge >= 0.3 is 0 Å². The molecule has 1 aromatic carbocycles. The fourth-order valence-electron chi connectivity index (χ4n) is 2.42. The average Bonchev–Trinajstić information content (AvgIpc) is 2.69. The van der Waals surface area contributed by atoms with Crippen LogP contribution in [-0.2, 0) is 0 Å². The molecular formula is C16H17BrN2O2. The number of benzene rings is 1. The van der Waals surface area contributed by atoms with Crippen molar-refractivity contribution in [2.45, 2.75) is 27.7 Å². The van der Waals surface area contributed by atoms with Crippen LogP contribution in [-0.4, -0.2) is 16.7 Å². The predicted molar refractivity (Wildman–Crippen MR) is 87.1 cm³/mol. The lowest BCUT2D eigenvalue weighted by molar-refractivity contribution is 0.101. The van der Waals surface area contributed by atoms with Gasteiger partial charge in [-0.15, -0.1) is 0 Å². The number of halogens is 1. The van der Waals surface area contributed by atoms with E-state index in [1.165, 1.54) is 6.92 Å². The number of ketones is 1. The second-order valence-electron chi connectivity index (χ2n) is 5.10. The summed E-state index contributed by atoms with van der Waals surface area (Å²) in [5.41, 5.74) is 4.18. The van der Waals surface area contributed by atoms with E-state index < -0.39 is 0 Å². The van der Waals surface area contributed by atoms with Crippen molar-refractivity contribution in [2.24, 2.45) is 0 Å². The molecule has 4 nitrogen and oxygen atoms in total. The number of carbonyl (C=O) groups is 2. The average molecular weight is 349 g/mol. The highest BCUT2D eigenvalue weighted by atomic mass is 79.9. The molecule has 0 saturated heterocycles. The van der Waals surface area contributed by atoms with Crippen molar-refractivity contribution in [3.05, 3.63) is 50.8 Å². The molecule has 0 radical (unpaired) electrons. The van der Waals surface area contributed by atoms with E-state index in [0.29, 0.717) is 16.8 Å². The van der Waals surface area contributed by atoms with E-state index in [1.54, 1.807) is 13.8 Å². The van der Waals surface area contributed by atoms with E-state index >= 15 is 0 Å². The molecule has 110 valence electrons. The van der Waals surface area contributed by atoms with Crippen molar-refractivity contribution in [1.82, 2.24) is 4.98 Å². The number of aryl methyl sites for hydroxylation is 2. The maximum absolute atomic E-state index is 12.4. The van der Waals surface area contributed by atoms with Crippen LogP contribution in [0.4, 0.5) is 5.69 Å². The number of hydrogen-bond acceptors (Lipinski definition) is 2. The maximum atomic E-state index is 12.4. The summed E-state index contributed by atoms with van der Waals surface area (Å²) in [7, 11) is 0. The minimum Gasteiger partial charge on any atom is -0.354 e. The number of Topliss-reactive ketones (excluding diaryl/α,β-unsaturated/α-hetero) is 1. The molecule has 1 heterocycles. The zero-order chi connectivity index (χ0) is 15.7. The number of hydrogen-bond donors (Lipinski definition) is 2. The molecule has 21 heavy (non-hydrogen) atoms. The van der Waals surface area contributed by atoms with Crippen LogP contribution in [0, 0.1) is 20.8 Å². The standard InChI is InChI=1S/C16H17BrN2O2/c1-8-7-12(5-6-13(8)17)19-16(21)15-9(2)14(11(4)20)10(3)18-15/h5-7,18H,1-4H3,(H,19,21). The Bertz CT molecular complexity index is 732. The zero-order valence-electron chi connectivity index (χ0n) is 12.4. The highest BCUT2D eigenvalue weighted by Gasteiger charge is 2.19. The Balaban J connectivity index is 2.31. The highest BCUT2D eigenvalue weighted by molar-refractivity contribution is 9.10. The van der Waals surface area contributed by atoms with Crippen LogP contribution >= 0.6 is 15.9 Å². The van der Waals surface area contributed by atoms with Gasteiger partial charge in [0.2, 0.25) is 0 Å². The minimum absolute atomic E-state index is 0.0419. The van der Waals surface area contributed by atoms with E-state index in [0.717, 1.165) is 21.4 Å². The van der Waals surface area contributed by atoms with Crippen LogP contribution in [0.3, 0.4) is 0 Å². The largest absolute Gasteiger partial charge is 0.354 e. The van der Waals surface area contributed by atoms with Gasteiger partial charge in [0.05, 0.1) is 0 Å². The molecule has 0 bridgehead atoms. The Kier molecular flexibility index (Phi) is 4.32. The topological polar surface area (TPSA) is 62.0 Å². The Morgan fingerprint density at radius 3 is 2.38 bits per heavy atom. The molecule has 0 aliphatic heterocycles. The predicted octanol–water partition coefficient (Wildman–Crippen LogP) is 4.16. The molecule has 0 unspecified atom stereocenters. The summed E-state index contributed by atoms with van der Waals surface area (Å²) < 4.78 is 0.992. The van der Waals surface area contributed by atoms with E-state index in [4.69, 9.17) is 0 Å². The lowest BCUT2D eigenvalue weighted by atomic mass is 10.1. The number of rotatable bonds is 3. The van der Waals surface area contributed by atoms with Crippen LogP contribution in [0.25, 0.3) is 0 Å². The van der Waals surface area contributed by atoms with Crippen LogP contribution in [0.15, 0.2) is 22.7 Å². The third-order valence-corrected chi connectivity index (χ3v) is 4.32. The van der Waals surface area contributed by atoms with Gasteiger partial charge in [-0.3, -0.25) is 9.59 Å². The number of aromatic amines is 1. The smallest absolute Gasteiger partial charge is 0.272 e. The molecule has 0 atom stereocenters. The normalized spacial score (nSPS) is 10.5. The molecule has 2 rings (SSSR count). The molecule has 0 spiro atoms. The molecular weight excluding hydrogens is 332 g/mol. The van der Waals surface area contributed by atoms with E-state index in [9.17, 15) is 9.59 Å². The molecule has 1 amide bonds. The van der Waals surface area contributed by atoms with Crippen molar-refractivity contribution in [3.8, 4) is 0 Å². The van der Waals surface area contributed by atoms with E-state index in [2.05, 4.69) is 26.2 Å². The van der Waals surface area contributed by atoms with Crippen molar-refractivity contribution >= 4 is 33.3 Å². The van der Waals surface area contributed by atoms with Crippen molar-refractivity contribution in [3.63, 3.8) is 0 Å². The van der Waals surface area contributed by atoms with Gasteiger partial charge in [0.1, 0.15) is 5.69 Å². The van der Waals surface area contributed by atoms with E-state index in [-0.39, 0.29) is 11.7 Å². The van der Waals surface area contributed by atoms with E-state index in [1.807, 2.05) is 25.1 Å². The summed E-state index contributed by atoms with van der Waals surface area (Å²) in [6.45, 7) is 7.03. The van der Waals surface area contributed by atoms with Gasteiger partial charge < -0.3 is 10.3 Å². The first-order valence-electron chi connectivity index (χ1n) is 6.59. The first-order valence-corrected chi connectivity index (χ1v) is 7.38. The van der Waals surface area contributed by atoms with Crippen LogP contribution < -0.4 is 5.32 Å². The van der Waals surface area contributed by atoms with Crippen molar-refractivity contribution < 1.29 is 9.59 Å². The molecule has 0 aliphatic rings. The summed E-state index contributed by atoms with van der Waals surface area (Å²) in [6.07, 6.45) is 0. The van der Waals surface area contributed by atoms with Crippen LogP contribution in [0.2, 0.25) is 0 Å². The number of carbonyl (C=O) groups excluding carboxylic acids is 2. The second-order valence-corrected chi connectivity index (χ2v) is 5.95. The first kappa shape index (κ1) is 15.5. The zero-order valence-corrected chi connectivity index (χ0v) is 14.0. The summed E-state index contributed by atoms with van der Waals surface area (Å²) in [6, 6.07) is 5.60. The first-order chi connectivity index (χ1) is 9.81. The van der Waals surface area contributed by atoms with Gasteiger partial charge in [0.15, 0.2) is 5.78 Å². The van der Waals surface area contributed by atoms with Gasteiger partial charge in [0.25, 0.3) is 5.91 Å². The third kappa shape index (κ3) is 3.08. The second kappa shape index (κ2) is 5.85. The quantitative estimate of drug-likeness (QED) is 0.818. The Hall–Kier alpha value is -1.88. The van der Waals surface area contributed by atoms with Crippen molar-refractivity contribution in [2.75, 3.05) is 5.32 Å². The van der Waals surface area contributed by atoms with Gasteiger partial charge in [-0.1, -0.05) is 15.9 Å². The number of H-pyrrole nitrogens is 1. The van der Waals surface area contributed by atoms with Crippen molar-refractivity contribution in [1.29, 1.82) is 0 Å². The molecule has 1 aromatic heterocycles. The molecule has 2 N–H and O–H groups in total. The molecule has 0 saturated carbocycles. The molecule has 0 aliphatic carbocycles. The molecule has 5 heteroatoms. The lowest BCUT2D eigenvalue weighted by Crippen LogP contribution is -2.14. The number of nitrogens with one attached hydrogen (secondary N) is 2. The fourth-order valence-corrected chi connectivity index (χ4v) is 2.67. The van der Waals surface area contributed by atoms with Gasteiger partial charge in [0, 0.05) is 21.4 Å². The monoisotopic (exact) mass is 348 g/mol. The number of aromatic nitrogens is 1. The van der Waals surface area contributed by atoms with Gasteiger partial charge in [-0.05, 0) is 57.0 Å². The molecule has 0 fully saturated rings. The summed E-state index contributed by atoms with van der Waals surface area (Å²) in [5, 5.41) is 2.84.